The Hall–Kier alpha value is -0.130. The van der Waals surface area contributed by atoms with E-state index in [0.29, 0.717) is 12.6 Å². The van der Waals surface area contributed by atoms with Crippen LogP contribution in [0.25, 0.3) is 0 Å². The lowest BCUT2D eigenvalue weighted by molar-refractivity contribution is 0.231. The van der Waals surface area contributed by atoms with Crippen LogP contribution < -0.4 is 5.32 Å². The number of nitrogens with zero attached hydrogens (tertiary/aromatic N) is 1. The first-order valence-electron chi connectivity index (χ1n) is 8.15. The molecule has 0 spiro atoms. The minimum Gasteiger partial charge on any atom is -0.313 e. The second-order valence-corrected chi connectivity index (χ2v) is 9.05. The fourth-order valence-electron chi connectivity index (χ4n) is 3.13. The predicted octanol–water partition coefficient (Wildman–Crippen LogP) is 2.36. The van der Waals surface area contributed by atoms with Crippen molar-refractivity contribution < 1.29 is 8.42 Å². The Labute approximate surface area is 124 Å². The lowest BCUT2D eigenvalue weighted by atomic mass is 9.85. The number of sulfonamides is 1. The third-order valence-electron chi connectivity index (χ3n) is 5.09. The molecule has 0 amide bonds. The minimum atomic E-state index is -3.16. The van der Waals surface area contributed by atoms with E-state index in [-0.39, 0.29) is 11.3 Å². The Balaban J connectivity index is 1.87. The number of hydrogen-bond donors (Lipinski definition) is 1. The average Bonchev–Trinajstić information content (AvgIpc) is 3.28. The predicted molar refractivity (Wildman–Crippen MR) is 83.2 cm³/mol. The van der Waals surface area contributed by atoms with Crippen molar-refractivity contribution in [3.05, 3.63) is 0 Å². The van der Waals surface area contributed by atoms with E-state index in [2.05, 4.69) is 12.2 Å². The van der Waals surface area contributed by atoms with E-state index in [1.165, 1.54) is 32.1 Å². The summed E-state index contributed by atoms with van der Waals surface area (Å²) in [4.78, 5) is 0. The lowest BCUT2D eigenvalue weighted by Crippen LogP contribution is -2.46. The molecular formula is C15H30N2O2S. The third kappa shape index (κ3) is 3.95. The summed E-state index contributed by atoms with van der Waals surface area (Å²) in [6.45, 7) is 4.65. The van der Waals surface area contributed by atoms with Crippen molar-refractivity contribution in [3.8, 4) is 0 Å². The quantitative estimate of drug-likeness (QED) is 0.785. The second-order valence-electron chi connectivity index (χ2n) is 6.64. The van der Waals surface area contributed by atoms with E-state index in [0.717, 1.165) is 18.8 Å². The van der Waals surface area contributed by atoms with E-state index >= 15 is 0 Å². The van der Waals surface area contributed by atoms with Gasteiger partial charge in [-0.25, -0.2) is 12.7 Å². The Morgan fingerprint density at radius 2 is 1.75 bits per heavy atom. The maximum atomic E-state index is 12.6. The molecule has 0 aromatic carbocycles. The fourth-order valence-corrected chi connectivity index (χ4v) is 4.63. The van der Waals surface area contributed by atoms with Crippen molar-refractivity contribution in [1.29, 1.82) is 0 Å². The number of hydrogen-bond acceptors (Lipinski definition) is 3. The fraction of sp³-hybridized carbons (Fsp3) is 1.00. The summed E-state index contributed by atoms with van der Waals surface area (Å²) >= 11 is 0. The molecule has 0 bridgehead atoms. The Morgan fingerprint density at radius 3 is 2.25 bits per heavy atom. The summed E-state index contributed by atoms with van der Waals surface area (Å²) in [6, 6.07) is 0.782. The normalized spacial score (nSPS) is 29.6. The Kier molecular flexibility index (Phi) is 5.49. The zero-order valence-electron chi connectivity index (χ0n) is 13.1. The van der Waals surface area contributed by atoms with Gasteiger partial charge in [0.1, 0.15) is 0 Å². The Morgan fingerprint density at radius 1 is 1.15 bits per heavy atom. The van der Waals surface area contributed by atoms with Gasteiger partial charge in [-0.1, -0.05) is 13.3 Å². The first-order valence-corrected chi connectivity index (χ1v) is 9.65. The van der Waals surface area contributed by atoms with Crippen LogP contribution in [0.5, 0.6) is 0 Å². The van der Waals surface area contributed by atoms with Gasteiger partial charge in [-0.05, 0) is 51.4 Å². The molecule has 2 aliphatic carbocycles. The van der Waals surface area contributed by atoms with Crippen LogP contribution in [0.2, 0.25) is 0 Å². The highest BCUT2D eigenvalue weighted by molar-refractivity contribution is 7.89. The van der Waals surface area contributed by atoms with Gasteiger partial charge in [-0.2, -0.15) is 0 Å². The molecule has 0 aromatic heterocycles. The molecule has 4 nitrogen and oxygen atoms in total. The maximum absolute atomic E-state index is 12.6. The van der Waals surface area contributed by atoms with Crippen molar-refractivity contribution in [2.45, 2.75) is 76.1 Å². The topological polar surface area (TPSA) is 49.4 Å². The summed E-state index contributed by atoms with van der Waals surface area (Å²) < 4.78 is 26.9. The Bertz CT molecular complexity index is 398. The van der Waals surface area contributed by atoms with Gasteiger partial charge in [0.05, 0.1) is 5.25 Å². The third-order valence-corrected chi connectivity index (χ3v) is 7.37. The molecule has 0 aliphatic heterocycles. The molecule has 118 valence electrons. The molecular weight excluding hydrogens is 272 g/mol. The van der Waals surface area contributed by atoms with Crippen molar-refractivity contribution in [2.24, 2.45) is 5.92 Å². The van der Waals surface area contributed by atoms with E-state index in [9.17, 15) is 8.42 Å². The molecule has 0 heterocycles. The molecule has 0 radical (unpaired) electrons. The van der Waals surface area contributed by atoms with Gasteiger partial charge in [0.2, 0.25) is 10.0 Å². The van der Waals surface area contributed by atoms with Crippen molar-refractivity contribution >= 4 is 10.0 Å². The SMILES string of the molecule is CCC1CCC(N(C)S(=O)(=O)C(C)CNC2CC2)CC1. The zero-order valence-corrected chi connectivity index (χ0v) is 14.0. The van der Waals surface area contributed by atoms with Crippen molar-refractivity contribution in [1.82, 2.24) is 9.62 Å². The highest BCUT2D eigenvalue weighted by atomic mass is 32.2. The van der Waals surface area contributed by atoms with Crippen molar-refractivity contribution in [2.75, 3.05) is 13.6 Å². The first kappa shape index (κ1) is 16.2. The van der Waals surface area contributed by atoms with E-state index in [1.807, 2.05) is 6.92 Å². The van der Waals surface area contributed by atoms with Gasteiger partial charge >= 0.3 is 0 Å². The van der Waals surface area contributed by atoms with Gasteiger partial charge in [-0.3, -0.25) is 0 Å². The summed E-state index contributed by atoms with van der Waals surface area (Å²) in [5.74, 6) is 0.802. The highest BCUT2D eigenvalue weighted by Crippen LogP contribution is 2.30. The van der Waals surface area contributed by atoms with Crippen molar-refractivity contribution in [3.63, 3.8) is 0 Å². The van der Waals surface area contributed by atoms with E-state index in [1.54, 1.807) is 11.4 Å². The summed E-state index contributed by atoms with van der Waals surface area (Å²) in [7, 11) is -1.38. The van der Waals surface area contributed by atoms with Crippen LogP contribution >= 0.6 is 0 Å². The van der Waals surface area contributed by atoms with Gasteiger partial charge in [0.15, 0.2) is 0 Å². The number of nitrogens with one attached hydrogen (secondary N) is 1. The molecule has 2 saturated carbocycles. The molecule has 2 rings (SSSR count). The van der Waals surface area contributed by atoms with Crippen LogP contribution in [0.1, 0.15) is 58.8 Å². The molecule has 1 atom stereocenters. The van der Waals surface area contributed by atoms with Crippen LogP contribution in [-0.4, -0.2) is 43.6 Å². The molecule has 1 N–H and O–H groups in total. The van der Waals surface area contributed by atoms with Crippen LogP contribution in [0.4, 0.5) is 0 Å². The number of rotatable bonds is 7. The van der Waals surface area contributed by atoms with E-state index < -0.39 is 10.0 Å². The largest absolute Gasteiger partial charge is 0.313 e. The first-order chi connectivity index (χ1) is 9.45. The molecule has 0 saturated heterocycles. The van der Waals surface area contributed by atoms with Gasteiger partial charge in [-0.15, -0.1) is 0 Å². The average molecular weight is 302 g/mol. The monoisotopic (exact) mass is 302 g/mol. The molecule has 2 aliphatic rings. The van der Waals surface area contributed by atoms with Crippen LogP contribution in [0.15, 0.2) is 0 Å². The van der Waals surface area contributed by atoms with Gasteiger partial charge in [0.25, 0.3) is 0 Å². The zero-order chi connectivity index (χ0) is 14.8. The van der Waals surface area contributed by atoms with Crippen LogP contribution in [0, 0.1) is 5.92 Å². The standard InChI is InChI=1S/C15H30N2O2S/c1-4-13-5-9-15(10-6-13)17(3)20(18,19)12(2)11-16-14-7-8-14/h12-16H,4-11H2,1-3H3. The molecule has 20 heavy (non-hydrogen) atoms. The molecule has 1 unspecified atom stereocenters. The van der Waals surface area contributed by atoms with E-state index in [4.69, 9.17) is 0 Å². The smallest absolute Gasteiger partial charge is 0.217 e. The van der Waals surface area contributed by atoms with Crippen LogP contribution in [0.3, 0.4) is 0 Å². The summed E-state index contributed by atoms with van der Waals surface area (Å²) in [5.41, 5.74) is 0. The molecule has 2 fully saturated rings. The van der Waals surface area contributed by atoms with Gasteiger partial charge in [0, 0.05) is 25.7 Å². The maximum Gasteiger partial charge on any atom is 0.217 e. The summed E-state index contributed by atoms with van der Waals surface area (Å²) in [6.07, 6.45) is 8.03. The minimum absolute atomic E-state index is 0.214. The highest BCUT2D eigenvalue weighted by Gasteiger charge is 2.34. The van der Waals surface area contributed by atoms with Gasteiger partial charge < -0.3 is 5.32 Å². The lowest BCUT2D eigenvalue weighted by Gasteiger charge is -2.35. The second kappa shape index (κ2) is 6.75. The summed E-state index contributed by atoms with van der Waals surface area (Å²) in [5, 5.41) is 3.01. The molecule has 5 heteroatoms. The molecule has 0 aromatic rings. The van der Waals surface area contributed by atoms with Crippen LogP contribution in [-0.2, 0) is 10.0 Å².